The Bertz CT molecular complexity index is 740. The average Bonchev–Trinajstić information content (AvgIpc) is 2.69. The quantitative estimate of drug-likeness (QED) is 0.841. The monoisotopic (exact) mass is 337 g/mol. The average molecular weight is 337 g/mol. The van der Waals surface area contributed by atoms with Gasteiger partial charge in [0.15, 0.2) is 5.17 Å². The third-order valence-corrected chi connectivity index (χ3v) is 5.45. The number of rotatable bonds is 2. The van der Waals surface area contributed by atoms with E-state index in [1.165, 1.54) is 5.56 Å². The Morgan fingerprint density at radius 3 is 2.25 bits per heavy atom. The molecule has 2 aromatic rings. The Morgan fingerprint density at radius 2 is 1.54 bits per heavy atom. The molecule has 1 atom stereocenters. The van der Waals surface area contributed by atoms with Crippen LogP contribution >= 0.6 is 11.8 Å². The molecule has 2 aromatic carbocycles. The molecule has 24 heavy (non-hydrogen) atoms. The van der Waals surface area contributed by atoms with E-state index in [1.54, 1.807) is 11.8 Å². The van der Waals surface area contributed by atoms with Crippen LogP contribution in [0.2, 0.25) is 0 Å². The number of thioether (sulfide) groups is 1. The third kappa shape index (κ3) is 3.23. The van der Waals surface area contributed by atoms with Crippen molar-refractivity contribution in [3.05, 3.63) is 71.8 Å². The standard InChI is InChI=1S/C19H19N3OS/c1-3-7-15(8-4-1)17-18(16-9-5-2-6-10-16)24-19(21-20-17)22-11-13-23-14-12-22/h1-10,18H,11-14H2. The van der Waals surface area contributed by atoms with E-state index in [-0.39, 0.29) is 5.25 Å². The molecule has 0 N–H and O–H groups in total. The van der Waals surface area contributed by atoms with Crippen LogP contribution < -0.4 is 0 Å². The van der Waals surface area contributed by atoms with Crippen molar-refractivity contribution in [2.45, 2.75) is 5.25 Å². The van der Waals surface area contributed by atoms with Crippen LogP contribution in [0, 0.1) is 0 Å². The summed E-state index contributed by atoms with van der Waals surface area (Å²) in [5, 5.41) is 10.3. The lowest BCUT2D eigenvalue weighted by Crippen LogP contribution is -2.40. The second-order valence-electron chi connectivity index (χ2n) is 5.74. The van der Waals surface area contributed by atoms with Crippen molar-refractivity contribution in [2.24, 2.45) is 10.2 Å². The molecule has 0 aliphatic carbocycles. The minimum absolute atomic E-state index is 0.156. The molecule has 2 aliphatic rings. The van der Waals surface area contributed by atoms with Crippen LogP contribution in [0.25, 0.3) is 0 Å². The van der Waals surface area contributed by atoms with Gasteiger partial charge in [0.2, 0.25) is 0 Å². The minimum atomic E-state index is 0.156. The van der Waals surface area contributed by atoms with Crippen LogP contribution in [-0.4, -0.2) is 42.1 Å². The van der Waals surface area contributed by atoms with Gasteiger partial charge in [-0.1, -0.05) is 72.4 Å². The highest BCUT2D eigenvalue weighted by atomic mass is 32.2. The maximum absolute atomic E-state index is 5.45. The van der Waals surface area contributed by atoms with Gasteiger partial charge in [0.1, 0.15) is 0 Å². The summed E-state index contributed by atoms with van der Waals surface area (Å²) < 4.78 is 5.45. The SMILES string of the molecule is c1ccc(C2=NN=C(N3CCOCC3)SC2c2ccccc2)cc1. The highest BCUT2D eigenvalue weighted by molar-refractivity contribution is 8.14. The fraction of sp³-hybridized carbons (Fsp3) is 0.263. The fourth-order valence-electron chi connectivity index (χ4n) is 2.90. The lowest BCUT2D eigenvalue weighted by atomic mass is 10.0. The number of nitrogens with zero attached hydrogens (tertiary/aromatic N) is 3. The van der Waals surface area contributed by atoms with Crippen LogP contribution in [0.1, 0.15) is 16.4 Å². The topological polar surface area (TPSA) is 37.2 Å². The van der Waals surface area contributed by atoms with Gasteiger partial charge in [-0.2, -0.15) is 5.10 Å². The Morgan fingerprint density at radius 1 is 0.875 bits per heavy atom. The number of amidine groups is 1. The lowest BCUT2D eigenvalue weighted by molar-refractivity contribution is 0.0692. The number of benzene rings is 2. The number of hydrogen-bond donors (Lipinski definition) is 0. The second kappa shape index (κ2) is 7.20. The Kier molecular flexibility index (Phi) is 4.62. The first-order valence-electron chi connectivity index (χ1n) is 8.17. The molecule has 2 heterocycles. The van der Waals surface area contributed by atoms with Gasteiger partial charge in [0.05, 0.1) is 24.2 Å². The zero-order valence-corrected chi connectivity index (χ0v) is 14.2. The second-order valence-corrected chi connectivity index (χ2v) is 6.81. The van der Waals surface area contributed by atoms with Crippen molar-refractivity contribution >= 4 is 22.6 Å². The van der Waals surface area contributed by atoms with Gasteiger partial charge in [-0.3, -0.25) is 0 Å². The first kappa shape index (κ1) is 15.4. The summed E-state index contributed by atoms with van der Waals surface area (Å²) in [6, 6.07) is 20.9. The van der Waals surface area contributed by atoms with Crippen LogP contribution in [0.4, 0.5) is 0 Å². The predicted octanol–water partition coefficient (Wildman–Crippen LogP) is 3.57. The smallest absolute Gasteiger partial charge is 0.186 e. The van der Waals surface area contributed by atoms with E-state index in [2.05, 4.69) is 51.5 Å². The summed E-state index contributed by atoms with van der Waals surface area (Å²) >= 11 is 1.78. The van der Waals surface area contributed by atoms with Gasteiger partial charge < -0.3 is 9.64 Å². The molecule has 1 saturated heterocycles. The Balaban J connectivity index is 1.70. The Labute approximate surface area is 146 Å². The van der Waals surface area contributed by atoms with Crippen molar-refractivity contribution in [1.29, 1.82) is 0 Å². The maximum Gasteiger partial charge on any atom is 0.186 e. The van der Waals surface area contributed by atoms with Crippen molar-refractivity contribution in [2.75, 3.05) is 26.3 Å². The highest BCUT2D eigenvalue weighted by Gasteiger charge is 2.29. The first-order valence-corrected chi connectivity index (χ1v) is 9.05. The van der Waals surface area contributed by atoms with E-state index < -0.39 is 0 Å². The molecule has 5 heteroatoms. The van der Waals surface area contributed by atoms with Crippen molar-refractivity contribution in [3.63, 3.8) is 0 Å². The number of hydrogen-bond acceptors (Lipinski definition) is 5. The highest BCUT2D eigenvalue weighted by Crippen LogP contribution is 2.37. The molecule has 4 nitrogen and oxygen atoms in total. The molecule has 0 bridgehead atoms. The molecule has 0 spiro atoms. The number of morpholine rings is 1. The zero-order valence-electron chi connectivity index (χ0n) is 13.3. The first-order chi connectivity index (χ1) is 11.9. The molecule has 0 aromatic heterocycles. The molecule has 0 saturated carbocycles. The summed E-state index contributed by atoms with van der Waals surface area (Å²) in [6.45, 7) is 3.27. The molecule has 2 aliphatic heterocycles. The van der Waals surface area contributed by atoms with Crippen LogP contribution in [-0.2, 0) is 4.74 Å². The van der Waals surface area contributed by atoms with Crippen molar-refractivity contribution in [3.8, 4) is 0 Å². The predicted molar refractivity (Wildman–Crippen MR) is 99.6 cm³/mol. The van der Waals surface area contributed by atoms with E-state index in [0.29, 0.717) is 0 Å². The normalized spacial score (nSPS) is 21.2. The molecule has 1 fully saturated rings. The fourth-order valence-corrected chi connectivity index (χ4v) is 4.12. The van der Waals surface area contributed by atoms with Gasteiger partial charge in [-0.05, 0) is 11.1 Å². The van der Waals surface area contributed by atoms with Crippen LogP contribution in [0.5, 0.6) is 0 Å². The van der Waals surface area contributed by atoms with E-state index in [4.69, 9.17) is 4.74 Å². The summed E-state index contributed by atoms with van der Waals surface area (Å²) in [5.41, 5.74) is 3.40. The van der Waals surface area contributed by atoms with Gasteiger partial charge in [0, 0.05) is 13.1 Å². The van der Waals surface area contributed by atoms with Gasteiger partial charge in [-0.15, -0.1) is 5.10 Å². The van der Waals surface area contributed by atoms with Crippen molar-refractivity contribution < 1.29 is 4.74 Å². The van der Waals surface area contributed by atoms with Gasteiger partial charge in [-0.25, -0.2) is 0 Å². The van der Waals surface area contributed by atoms with E-state index in [0.717, 1.165) is 42.7 Å². The summed E-state index contributed by atoms with van der Waals surface area (Å²) in [6.07, 6.45) is 0. The van der Waals surface area contributed by atoms with E-state index >= 15 is 0 Å². The van der Waals surface area contributed by atoms with Gasteiger partial charge in [0.25, 0.3) is 0 Å². The molecule has 0 amide bonds. The van der Waals surface area contributed by atoms with Gasteiger partial charge >= 0.3 is 0 Å². The molecular formula is C19H19N3OS. The zero-order chi connectivity index (χ0) is 16.2. The largest absolute Gasteiger partial charge is 0.378 e. The summed E-state index contributed by atoms with van der Waals surface area (Å²) in [7, 11) is 0. The van der Waals surface area contributed by atoms with E-state index in [9.17, 15) is 0 Å². The van der Waals surface area contributed by atoms with E-state index in [1.807, 2.05) is 24.3 Å². The molecule has 0 radical (unpaired) electrons. The molecule has 1 unspecified atom stereocenters. The van der Waals surface area contributed by atoms with Crippen molar-refractivity contribution in [1.82, 2.24) is 4.90 Å². The minimum Gasteiger partial charge on any atom is -0.378 e. The summed E-state index contributed by atoms with van der Waals surface area (Å²) in [4.78, 5) is 2.27. The van der Waals surface area contributed by atoms with Crippen LogP contribution in [0.15, 0.2) is 70.9 Å². The summed E-state index contributed by atoms with van der Waals surface area (Å²) in [5.74, 6) is 0. The third-order valence-electron chi connectivity index (χ3n) is 4.17. The Hall–Kier alpha value is -2.11. The lowest BCUT2D eigenvalue weighted by Gasteiger charge is -2.32. The molecule has 4 rings (SSSR count). The molecule has 122 valence electrons. The number of ether oxygens (including phenoxy) is 1. The maximum atomic E-state index is 5.45. The van der Waals surface area contributed by atoms with Crippen LogP contribution in [0.3, 0.4) is 0 Å². The molecular weight excluding hydrogens is 318 g/mol.